The Bertz CT molecular complexity index is 4750. The van der Waals surface area contributed by atoms with Crippen LogP contribution >= 0.6 is 0 Å². The van der Waals surface area contributed by atoms with E-state index in [-0.39, 0.29) is 116 Å². The van der Waals surface area contributed by atoms with Crippen molar-refractivity contribution >= 4 is 0 Å². The molecule has 136 heavy (non-hydrogen) atoms. The Hall–Kier alpha value is -8.12. The predicted octanol–water partition coefficient (Wildman–Crippen LogP) is 29.2. The van der Waals surface area contributed by atoms with Crippen LogP contribution in [0.4, 0.5) is 0 Å². The molecule has 4 aliphatic rings. The van der Waals surface area contributed by atoms with Gasteiger partial charge in [-0.2, -0.15) is 0 Å². The van der Waals surface area contributed by atoms with Gasteiger partial charge in [0, 0.05) is 84.8 Å². The molecule has 10 aromatic carbocycles. The van der Waals surface area contributed by atoms with Gasteiger partial charge < -0.3 is 41.7 Å². The zero-order valence-corrected chi connectivity index (χ0v) is 89.1. The van der Waals surface area contributed by atoms with Crippen molar-refractivity contribution in [3.05, 3.63) is 354 Å². The molecule has 0 spiro atoms. The van der Waals surface area contributed by atoms with Crippen molar-refractivity contribution in [2.24, 2.45) is 11.8 Å². The number of aliphatic hydroxyl groups is 4. The molecular weight excluding hydrogens is 1660 g/mol. The summed E-state index contributed by atoms with van der Waals surface area (Å²) in [5.41, 5.74) is 28.4. The lowest BCUT2D eigenvalue weighted by Crippen LogP contribution is -2.30. The van der Waals surface area contributed by atoms with Crippen molar-refractivity contribution in [3.8, 4) is 0 Å². The summed E-state index contributed by atoms with van der Waals surface area (Å²) in [6.45, 7) is 62.5. The van der Waals surface area contributed by atoms with Crippen LogP contribution in [0.3, 0.4) is 0 Å². The Balaban J connectivity index is 0.000000175. The van der Waals surface area contributed by atoms with Gasteiger partial charge in [0.2, 0.25) is 0 Å². The fourth-order valence-electron chi connectivity index (χ4n) is 23.7. The molecule has 4 heterocycles. The molecule has 4 aliphatic heterocycles. The van der Waals surface area contributed by atoms with Gasteiger partial charge in [0.15, 0.2) is 0 Å². The van der Waals surface area contributed by atoms with Crippen molar-refractivity contribution in [2.45, 2.75) is 398 Å². The summed E-state index contributed by atoms with van der Waals surface area (Å²) in [6.07, 6.45) is 16.2. The predicted molar refractivity (Wildman–Crippen MR) is 581 cm³/mol. The number of benzene rings is 10. The molecule has 0 bridgehead atoms. The summed E-state index contributed by atoms with van der Waals surface area (Å²) in [4.78, 5) is 0. The molecule has 4 saturated heterocycles. The molecule has 0 aromatic heterocycles. The Labute approximate surface area is 826 Å². The van der Waals surface area contributed by atoms with Gasteiger partial charge in [-0.15, -0.1) is 0 Å². The number of rotatable bonds is 36. The van der Waals surface area contributed by atoms with Gasteiger partial charge in [0.05, 0.1) is 24.4 Å². The number of aryl methyl sites for hydroxylation is 2. The van der Waals surface area contributed by atoms with Crippen molar-refractivity contribution < 1.29 is 20.4 Å². The second-order valence-corrected chi connectivity index (χ2v) is 44.6. The summed E-state index contributed by atoms with van der Waals surface area (Å²) in [5.74, 6) is 2.09. The average molecular weight is 1840 g/mol. The highest BCUT2D eigenvalue weighted by atomic mass is 16.3. The SMILES string of the molecule is CC(C)C(C)(C)c1ccc(C(c2ccc(C(C)(C)C(C)C)cc2)[C@H]2C[C@@H](O)CN2)cc1.CCC(CC)(CC)c1ccc(C(c2ccc(C(CC)(CC)CC)cc2)[C@H]2C[C@@H](O)CN2)cc1.CCC(CC)(CC)c1ccc(C(c2ccc(C(CC)(CC)CC)cc2)[C@H]2C[C@H](O)CN2)cc1.Cc1ccc(C(C)(C)c2ccc(C(c3ccc(C(C)(C)c4ccc(C)cc4)cc3)[C@H]3C[C@H](O)CN3)cc2)cc1. The Morgan fingerprint density at radius 1 is 0.221 bits per heavy atom. The minimum atomic E-state index is -0.294. The van der Waals surface area contributed by atoms with Crippen molar-refractivity contribution in [2.75, 3.05) is 26.2 Å². The zero-order valence-electron chi connectivity index (χ0n) is 89.1. The van der Waals surface area contributed by atoms with Crippen LogP contribution in [0.1, 0.15) is 404 Å². The van der Waals surface area contributed by atoms with Crippen molar-refractivity contribution in [1.82, 2.24) is 21.3 Å². The molecule has 0 saturated carbocycles. The van der Waals surface area contributed by atoms with Crippen LogP contribution in [0.15, 0.2) is 243 Å². The minimum absolute atomic E-state index is 0.0766. The molecule has 8 heteroatoms. The van der Waals surface area contributed by atoms with E-state index in [1.165, 1.54) is 188 Å². The normalized spacial score (nSPS) is 19.2. The van der Waals surface area contributed by atoms with Gasteiger partial charge in [-0.05, 0) is 261 Å². The molecule has 0 radical (unpaired) electrons. The topological polar surface area (TPSA) is 129 Å². The molecule has 8 N–H and O–H groups in total. The molecule has 4 fully saturated rings. The van der Waals surface area contributed by atoms with Gasteiger partial charge >= 0.3 is 0 Å². The van der Waals surface area contributed by atoms with E-state index in [0.29, 0.717) is 38.0 Å². The number of β-amino-alcohol motifs (C(OH)–C–C–N with tert-alkyl or cyclic N) is 4. The van der Waals surface area contributed by atoms with Crippen LogP contribution in [0.5, 0.6) is 0 Å². The Morgan fingerprint density at radius 2 is 0.360 bits per heavy atom. The molecule has 0 unspecified atom stereocenters. The van der Waals surface area contributed by atoms with Crippen molar-refractivity contribution in [3.63, 3.8) is 0 Å². The third-order valence-corrected chi connectivity index (χ3v) is 36.3. The highest BCUT2D eigenvalue weighted by Crippen LogP contribution is 2.47. The van der Waals surface area contributed by atoms with Crippen LogP contribution in [0.2, 0.25) is 0 Å². The highest BCUT2D eigenvalue weighted by molar-refractivity contribution is 5.49. The summed E-state index contributed by atoms with van der Waals surface area (Å²) in [5, 5.41) is 55.5. The molecule has 14 rings (SSSR count). The summed E-state index contributed by atoms with van der Waals surface area (Å²) >= 11 is 0. The number of aliphatic hydroxyl groups excluding tert-OH is 4. The lowest BCUT2D eigenvalue weighted by Gasteiger charge is -2.33. The first kappa shape index (κ1) is 108. The van der Waals surface area contributed by atoms with Crippen LogP contribution in [0, 0.1) is 25.7 Å². The molecule has 0 aliphatic carbocycles. The highest BCUT2D eigenvalue weighted by Gasteiger charge is 2.41. The average Bonchev–Trinajstić information content (AvgIpc) is 1.64. The summed E-state index contributed by atoms with van der Waals surface area (Å²) in [7, 11) is 0. The standard InChI is InChI=1S/C37H43NO.2C31H47NO.C29H43NO/c1-25-7-15-29(16-8-25)36(3,4)31-19-11-27(12-20-31)35(34-23-33(39)24-38-34)28-13-21-32(22-14-28)37(5,6)30-17-9-26(2)10-18-30;2*1-7-30(8-2,9-3)25-17-13-23(14-18-25)29(28-21-27(33)22-32-28)24-15-19-26(20-16-24)31(10-4,11-5)12-6;1-19(2)28(5,6)23-13-9-21(10-14-23)27(26-17-25(31)18-30-26)22-11-15-24(16-12-22)29(7,8)20(3)4/h7-22,33-35,38-39H,23-24H2,1-6H3;2*13-20,27-29,32-33H,7-12,21-22H2,1-6H3;9-16,19-20,25-27,30-31H,17-18H2,1-8H3/t33-,34+;27-,28+;27-,28-;25-,26-/m0011/s1. The van der Waals surface area contributed by atoms with E-state index in [2.05, 4.69) is 444 Å². The number of hydrogen-bond donors (Lipinski definition) is 8. The van der Waals surface area contributed by atoms with E-state index < -0.39 is 0 Å². The maximum absolute atomic E-state index is 10.4. The van der Waals surface area contributed by atoms with E-state index in [9.17, 15) is 20.4 Å². The first-order valence-electron chi connectivity index (χ1n) is 53.5. The fraction of sp³-hybridized carbons (Fsp3) is 0.531. The maximum Gasteiger partial charge on any atom is 0.0679 e. The molecule has 736 valence electrons. The van der Waals surface area contributed by atoms with Gasteiger partial charge in [0.1, 0.15) is 0 Å². The largest absolute Gasteiger partial charge is 0.392 e. The number of hydrogen-bond acceptors (Lipinski definition) is 8. The Morgan fingerprint density at radius 3 is 0.493 bits per heavy atom. The van der Waals surface area contributed by atoms with Crippen LogP contribution < -0.4 is 21.3 Å². The fourth-order valence-corrected chi connectivity index (χ4v) is 23.7. The van der Waals surface area contributed by atoms with Gasteiger partial charge in [-0.1, -0.05) is 420 Å². The first-order valence-corrected chi connectivity index (χ1v) is 53.5. The zero-order chi connectivity index (χ0) is 98.9. The van der Waals surface area contributed by atoms with E-state index in [1.807, 2.05) is 0 Å². The van der Waals surface area contributed by atoms with Gasteiger partial charge in [0.25, 0.3) is 0 Å². The van der Waals surface area contributed by atoms with E-state index >= 15 is 0 Å². The van der Waals surface area contributed by atoms with Gasteiger partial charge in [-0.3, -0.25) is 0 Å². The summed E-state index contributed by atoms with van der Waals surface area (Å²) < 4.78 is 0. The first-order chi connectivity index (χ1) is 64.8. The molecule has 0 amide bonds. The van der Waals surface area contributed by atoms with Gasteiger partial charge in [-0.25, -0.2) is 0 Å². The monoisotopic (exact) mass is 1840 g/mol. The number of nitrogens with one attached hydrogen (secondary N) is 4. The second-order valence-electron chi connectivity index (χ2n) is 44.6. The minimum Gasteiger partial charge on any atom is -0.392 e. The summed E-state index contributed by atoms with van der Waals surface area (Å²) in [6, 6.07) is 93.4. The van der Waals surface area contributed by atoms with Crippen LogP contribution in [-0.2, 0) is 43.3 Å². The lowest BCUT2D eigenvalue weighted by molar-refractivity contribution is 0.192. The van der Waals surface area contributed by atoms with Crippen LogP contribution in [-0.4, -0.2) is 95.2 Å². The maximum atomic E-state index is 10.4. The van der Waals surface area contributed by atoms with Crippen LogP contribution in [0.25, 0.3) is 0 Å². The molecular formula is C128H180N4O4. The second kappa shape index (κ2) is 47.4. The third kappa shape index (κ3) is 24.4. The Kier molecular flexibility index (Phi) is 37.8. The smallest absolute Gasteiger partial charge is 0.0679 e. The third-order valence-electron chi connectivity index (χ3n) is 36.3. The van der Waals surface area contributed by atoms with E-state index in [4.69, 9.17) is 0 Å². The lowest BCUT2D eigenvalue weighted by atomic mass is 9.72. The molecule has 8 nitrogen and oxygen atoms in total. The van der Waals surface area contributed by atoms with E-state index in [1.54, 1.807) is 0 Å². The van der Waals surface area contributed by atoms with E-state index in [0.717, 1.165) is 25.7 Å². The van der Waals surface area contributed by atoms with Crippen molar-refractivity contribution in [1.29, 1.82) is 0 Å². The quantitative estimate of drug-likeness (QED) is 0.0195. The molecule has 8 atom stereocenters. The molecule has 10 aromatic rings.